The molecule has 5 nitrogen and oxygen atoms in total. The van der Waals surface area contributed by atoms with E-state index in [4.69, 9.17) is 9.47 Å². The lowest BCUT2D eigenvalue weighted by atomic mass is 9.98. The van der Waals surface area contributed by atoms with Crippen molar-refractivity contribution in [2.75, 3.05) is 26.8 Å². The number of hydrogen-bond donors (Lipinski definition) is 0. The number of ether oxygens (including phenoxy) is 2. The summed E-state index contributed by atoms with van der Waals surface area (Å²) in [4.78, 5) is 25.2. The van der Waals surface area contributed by atoms with E-state index in [0.717, 1.165) is 12.8 Å². The van der Waals surface area contributed by atoms with Crippen LogP contribution in [0.25, 0.3) is 0 Å². The fraction of sp³-hybridized carbons (Fsp3) is 0.833. The van der Waals surface area contributed by atoms with Gasteiger partial charge in [-0.25, -0.2) is 0 Å². The van der Waals surface area contributed by atoms with Crippen LogP contribution in [0.3, 0.4) is 0 Å². The molecule has 1 aliphatic heterocycles. The Labute approximate surface area is 102 Å². The lowest BCUT2D eigenvalue weighted by molar-refractivity contribution is -0.153. The third-order valence-corrected chi connectivity index (χ3v) is 3.05. The van der Waals surface area contributed by atoms with Crippen LogP contribution in [0.1, 0.15) is 26.7 Å². The molecule has 2 unspecified atom stereocenters. The van der Waals surface area contributed by atoms with Crippen molar-refractivity contribution < 1.29 is 19.1 Å². The molecule has 17 heavy (non-hydrogen) atoms. The van der Waals surface area contributed by atoms with Gasteiger partial charge in [-0.1, -0.05) is 0 Å². The number of rotatable bonds is 4. The highest BCUT2D eigenvalue weighted by Crippen LogP contribution is 2.18. The molecule has 0 bridgehead atoms. The van der Waals surface area contributed by atoms with Crippen LogP contribution >= 0.6 is 0 Å². The van der Waals surface area contributed by atoms with Gasteiger partial charge in [-0.15, -0.1) is 0 Å². The van der Waals surface area contributed by atoms with E-state index in [9.17, 15) is 9.59 Å². The Kier molecular flexibility index (Phi) is 5.41. The molecule has 1 saturated heterocycles. The maximum absolute atomic E-state index is 11.9. The van der Waals surface area contributed by atoms with Crippen molar-refractivity contribution in [2.24, 2.45) is 5.92 Å². The molecule has 0 aromatic carbocycles. The van der Waals surface area contributed by atoms with E-state index in [0.29, 0.717) is 19.7 Å². The number of methoxy groups -OCH3 is 1. The minimum Gasteiger partial charge on any atom is -0.466 e. The van der Waals surface area contributed by atoms with E-state index < -0.39 is 6.10 Å². The molecule has 1 amide bonds. The van der Waals surface area contributed by atoms with Crippen LogP contribution in [0.15, 0.2) is 0 Å². The molecule has 5 heteroatoms. The molecular formula is C12H21NO4. The first-order valence-corrected chi connectivity index (χ1v) is 6.08. The summed E-state index contributed by atoms with van der Waals surface area (Å²) >= 11 is 0. The van der Waals surface area contributed by atoms with E-state index in [1.165, 1.54) is 7.11 Å². The average Bonchev–Trinajstić information content (AvgIpc) is 2.37. The molecule has 1 fully saturated rings. The van der Waals surface area contributed by atoms with Gasteiger partial charge in [-0.05, 0) is 26.7 Å². The van der Waals surface area contributed by atoms with Gasteiger partial charge < -0.3 is 14.4 Å². The van der Waals surface area contributed by atoms with E-state index in [1.807, 2.05) is 0 Å². The second-order valence-electron chi connectivity index (χ2n) is 4.25. The standard InChI is InChI=1S/C12H21NO4/c1-4-17-12(15)10-6-5-7-13(8-10)11(14)9(2)16-3/h9-10H,4-8H2,1-3H3. The van der Waals surface area contributed by atoms with Gasteiger partial charge >= 0.3 is 5.97 Å². The number of carbonyl (C=O) groups is 2. The summed E-state index contributed by atoms with van der Waals surface area (Å²) in [6, 6.07) is 0. The second-order valence-corrected chi connectivity index (χ2v) is 4.25. The lowest BCUT2D eigenvalue weighted by Crippen LogP contribution is -2.46. The van der Waals surface area contributed by atoms with E-state index >= 15 is 0 Å². The predicted molar refractivity (Wildman–Crippen MR) is 62.4 cm³/mol. The number of piperidine rings is 1. The maximum Gasteiger partial charge on any atom is 0.310 e. The molecular weight excluding hydrogens is 222 g/mol. The van der Waals surface area contributed by atoms with Crippen LogP contribution in [0.2, 0.25) is 0 Å². The zero-order valence-electron chi connectivity index (χ0n) is 10.8. The highest BCUT2D eigenvalue weighted by Gasteiger charge is 2.30. The zero-order chi connectivity index (χ0) is 12.8. The molecule has 0 radical (unpaired) electrons. The third kappa shape index (κ3) is 3.70. The fourth-order valence-electron chi connectivity index (χ4n) is 1.99. The summed E-state index contributed by atoms with van der Waals surface area (Å²) in [6.07, 6.45) is 1.19. The Morgan fingerprint density at radius 2 is 2.18 bits per heavy atom. The minimum absolute atomic E-state index is 0.0542. The largest absolute Gasteiger partial charge is 0.466 e. The van der Waals surface area contributed by atoms with Gasteiger partial charge in [-0.2, -0.15) is 0 Å². The van der Waals surface area contributed by atoms with Crippen LogP contribution in [0.5, 0.6) is 0 Å². The van der Waals surface area contributed by atoms with Crippen molar-refractivity contribution in [3.63, 3.8) is 0 Å². The summed E-state index contributed by atoms with van der Waals surface area (Å²) < 4.78 is 9.99. The molecule has 1 heterocycles. The smallest absolute Gasteiger partial charge is 0.310 e. The van der Waals surface area contributed by atoms with Gasteiger partial charge in [0, 0.05) is 20.2 Å². The zero-order valence-corrected chi connectivity index (χ0v) is 10.8. The molecule has 0 saturated carbocycles. The Bertz CT molecular complexity index is 280. The number of carbonyl (C=O) groups excluding carboxylic acids is 2. The van der Waals surface area contributed by atoms with Crippen molar-refractivity contribution in [1.82, 2.24) is 4.90 Å². The number of esters is 1. The Hall–Kier alpha value is -1.10. The highest BCUT2D eigenvalue weighted by molar-refractivity contribution is 5.81. The number of nitrogens with zero attached hydrogens (tertiary/aromatic N) is 1. The van der Waals surface area contributed by atoms with Crippen LogP contribution < -0.4 is 0 Å². The van der Waals surface area contributed by atoms with Crippen LogP contribution in [0, 0.1) is 5.92 Å². The molecule has 2 atom stereocenters. The van der Waals surface area contributed by atoms with Crippen molar-refractivity contribution in [3.8, 4) is 0 Å². The van der Waals surface area contributed by atoms with Crippen molar-refractivity contribution in [3.05, 3.63) is 0 Å². The maximum atomic E-state index is 11.9. The molecule has 0 aromatic rings. The molecule has 0 aromatic heterocycles. The first-order valence-electron chi connectivity index (χ1n) is 6.08. The van der Waals surface area contributed by atoms with Gasteiger partial charge in [0.1, 0.15) is 6.10 Å². The first-order chi connectivity index (χ1) is 8.10. The van der Waals surface area contributed by atoms with Gasteiger partial charge in [0.05, 0.1) is 12.5 Å². The number of likely N-dealkylation sites (tertiary alicyclic amines) is 1. The summed E-state index contributed by atoms with van der Waals surface area (Å²) in [6.45, 7) is 5.04. The monoisotopic (exact) mass is 243 g/mol. The fourth-order valence-corrected chi connectivity index (χ4v) is 1.99. The summed E-state index contributed by atoms with van der Waals surface area (Å²) in [5.41, 5.74) is 0. The van der Waals surface area contributed by atoms with E-state index in [1.54, 1.807) is 18.7 Å². The second kappa shape index (κ2) is 6.59. The Morgan fingerprint density at radius 3 is 2.76 bits per heavy atom. The van der Waals surface area contributed by atoms with E-state index in [2.05, 4.69) is 0 Å². The first kappa shape index (κ1) is 14.0. The summed E-state index contributed by atoms with van der Waals surface area (Å²) in [5.74, 6) is -0.437. The molecule has 1 aliphatic rings. The normalized spacial score (nSPS) is 22.1. The Morgan fingerprint density at radius 1 is 1.47 bits per heavy atom. The van der Waals surface area contributed by atoms with Gasteiger partial charge in [0.2, 0.25) is 0 Å². The lowest BCUT2D eigenvalue weighted by Gasteiger charge is -2.32. The third-order valence-electron chi connectivity index (χ3n) is 3.05. The summed E-state index contributed by atoms with van der Waals surface area (Å²) in [5, 5.41) is 0. The SMILES string of the molecule is CCOC(=O)C1CCCN(C(=O)C(C)OC)C1. The van der Waals surface area contributed by atoms with Crippen molar-refractivity contribution in [2.45, 2.75) is 32.8 Å². The van der Waals surface area contributed by atoms with Crippen LogP contribution in [-0.4, -0.2) is 49.7 Å². The van der Waals surface area contributed by atoms with E-state index in [-0.39, 0.29) is 17.8 Å². The van der Waals surface area contributed by atoms with Gasteiger partial charge in [-0.3, -0.25) is 9.59 Å². The summed E-state index contributed by atoms with van der Waals surface area (Å²) in [7, 11) is 1.51. The topological polar surface area (TPSA) is 55.8 Å². The molecule has 0 spiro atoms. The molecule has 1 rings (SSSR count). The minimum atomic E-state index is -0.448. The van der Waals surface area contributed by atoms with Crippen molar-refractivity contribution >= 4 is 11.9 Å². The molecule has 98 valence electrons. The number of hydrogen-bond acceptors (Lipinski definition) is 4. The van der Waals surface area contributed by atoms with Crippen LogP contribution in [0.4, 0.5) is 0 Å². The quantitative estimate of drug-likeness (QED) is 0.686. The number of amides is 1. The molecule has 0 N–H and O–H groups in total. The predicted octanol–water partition coefficient (Wildman–Crippen LogP) is 0.823. The highest BCUT2D eigenvalue weighted by atomic mass is 16.5. The van der Waals surface area contributed by atoms with Gasteiger partial charge in [0.25, 0.3) is 5.91 Å². The average molecular weight is 243 g/mol. The Balaban J connectivity index is 2.54. The van der Waals surface area contributed by atoms with Gasteiger partial charge in [0.15, 0.2) is 0 Å². The molecule has 0 aliphatic carbocycles. The van der Waals surface area contributed by atoms with Crippen LogP contribution in [-0.2, 0) is 19.1 Å². The van der Waals surface area contributed by atoms with Crippen molar-refractivity contribution in [1.29, 1.82) is 0 Å².